The third-order valence-corrected chi connectivity index (χ3v) is 3.03. The average molecular weight is 229 g/mol. The second-order valence-corrected chi connectivity index (χ2v) is 4.29. The van der Waals surface area contributed by atoms with Gasteiger partial charge in [0.15, 0.2) is 0 Å². The Morgan fingerprint density at radius 1 is 1.73 bits per heavy atom. The van der Waals surface area contributed by atoms with Crippen LogP contribution in [0.4, 0.5) is 0 Å². The number of rotatable bonds is 5. The number of methoxy groups -OCH3 is 1. The molecule has 0 spiro atoms. The highest BCUT2D eigenvalue weighted by atomic mass is 32.2. The summed E-state index contributed by atoms with van der Waals surface area (Å²) >= 11 is 1.67. The molecule has 1 atom stereocenters. The summed E-state index contributed by atoms with van der Waals surface area (Å²) in [4.78, 5) is 11.2. The molecule has 1 heterocycles. The molecule has 0 aromatic carbocycles. The molecule has 1 aromatic heterocycles. The summed E-state index contributed by atoms with van der Waals surface area (Å²) in [5, 5.41) is 0. The predicted octanol–water partition coefficient (Wildman–Crippen LogP) is 1.65. The van der Waals surface area contributed by atoms with E-state index in [1.165, 1.54) is 13.4 Å². The van der Waals surface area contributed by atoms with Crippen LogP contribution in [0.1, 0.15) is 23.0 Å². The van der Waals surface area contributed by atoms with Gasteiger partial charge in [-0.25, -0.2) is 4.79 Å². The molecule has 1 unspecified atom stereocenters. The number of nitrogens with two attached hydrogens (primary N) is 1. The smallest absolute Gasteiger partial charge is 0.374 e. The molecule has 84 valence electrons. The lowest BCUT2D eigenvalue weighted by molar-refractivity contribution is 0.0564. The van der Waals surface area contributed by atoms with Gasteiger partial charge in [0.2, 0.25) is 5.76 Å². The van der Waals surface area contributed by atoms with Crippen molar-refractivity contribution in [1.82, 2.24) is 0 Å². The van der Waals surface area contributed by atoms with Gasteiger partial charge in [-0.15, -0.1) is 0 Å². The van der Waals surface area contributed by atoms with E-state index in [1.807, 2.05) is 6.92 Å². The largest absolute Gasteiger partial charge is 0.463 e. The van der Waals surface area contributed by atoms with Gasteiger partial charge in [0.05, 0.1) is 13.4 Å². The first-order valence-corrected chi connectivity index (χ1v) is 5.78. The first-order chi connectivity index (χ1) is 7.15. The maximum Gasteiger partial charge on any atom is 0.374 e. The van der Waals surface area contributed by atoms with Crippen molar-refractivity contribution in [2.24, 2.45) is 5.73 Å². The minimum Gasteiger partial charge on any atom is -0.463 e. The predicted molar refractivity (Wildman–Crippen MR) is 59.9 cm³/mol. The van der Waals surface area contributed by atoms with Gasteiger partial charge in [-0.05, 0) is 13.0 Å². The highest BCUT2D eigenvalue weighted by molar-refractivity contribution is 7.98. The van der Waals surface area contributed by atoms with Gasteiger partial charge >= 0.3 is 5.97 Å². The molecule has 0 fully saturated rings. The van der Waals surface area contributed by atoms with Crippen molar-refractivity contribution in [3.05, 3.63) is 23.7 Å². The fraction of sp³-hybridized carbons (Fsp3) is 0.500. The normalized spacial score (nSPS) is 12.5. The lowest BCUT2D eigenvalue weighted by Gasteiger charge is -2.04. The third-order valence-electron chi connectivity index (χ3n) is 1.76. The molecule has 0 radical (unpaired) electrons. The molecule has 1 aromatic rings. The maximum absolute atomic E-state index is 11.2. The zero-order valence-corrected chi connectivity index (χ0v) is 9.67. The number of hydrogen-bond acceptors (Lipinski definition) is 5. The van der Waals surface area contributed by atoms with Crippen LogP contribution in [0.15, 0.2) is 16.7 Å². The van der Waals surface area contributed by atoms with E-state index in [1.54, 1.807) is 17.8 Å². The number of ether oxygens (including phenoxy) is 1. The summed E-state index contributed by atoms with van der Waals surface area (Å²) in [6.45, 7) is 1.95. The molecule has 0 saturated heterocycles. The summed E-state index contributed by atoms with van der Waals surface area (Å²) in [6.07, 6.45) is 1.49. The minimum absolute atomic E-state index is 0.156. The van der Waals surface area contributed by atoms with E-state index in [0.29, 0.717) is 5.75 Å². The summed E-state index contributed by atoms with van der Waals surface area (Å²) < 4.78 is 9.65. The van der Waals surface area contributed by atoms with Crippen LogP contribution >= 0.6 is 11.8 Å². The van der Waals surface area contributed by atoms with E-state index in [2.05, 4.69) is 4.74 Å². The lowest BCUT2D eigenvalue weighted by Crippen LogP contribution is -2.17. The molecule has 2 N–H and O–H groups in total. The van der Waals surface area contributed by atoms with E-state index < -0.39 is 5.97 Å². The van der Waals surface area contributed by atoms with E-state index in [9.17, 15) is 4.79 Å². The van der Waals surface area contributed by atoms with Gasteiger partial charge in [-0.1, -0.05) is 0 Å². The number of esters is 1. The van der Waals surface area contributed by atoms with Crippen LogP contribution in [-0.2, 0) is 10.5 Å². The van der Waals surface area contributed by atoms with Crippen LogP contribution in [0.2, 0.25) is 0 Å². The maximum atomic E-state index is 11.2. The van der Waals surface area contributed by atoms with Gasteiger partial charge < -0.3 is 14.9 Å². The summed E-state index contributed by atoms with van der Waals surface area (Å²) in [6, 6.07) is 1.93. The second kappa shape index (κ2) is 5.82. The highest BCUT2D eigenvalue weighted by Crippen LogP contribution is 2.18. The standard InChI is InChI=1S/C10H15NO3S/c1-7(11)5-15-6-8-3-4-14-9(8)10(12)13-2/h3-4,7H,5-6,11H2,1-2H3. The van der Waals surface area contributed by atoms with Crippen molar-refractivity contribution in [3.8, 4) is 0 Å². The SMILES string of the molecule is COC(=O)c1occc1CSCC(C)N. The Morgan fingerprint density at radius 3 is 3.07 bits per heavy atom. The first kappa shape index (κ1) is 12.1. The summed E-state index contributed by atoms with van der Waals surface area (Å²) in [5.41, 5.74) is 6.47. The quantitative estimate of drug-likeness (QED) is 0.778. The fourth-order valence-corrected chi connectivity index (χ4v) is 2.01. The average Bonchev–Trinajstić information content (AvgIpc) is 2.64. The number of furan rings is 1. The molecule has 0 amide bonds. The molecular weight excluding hydrogens is 214 g/mol. The molecular formula is C10H15NO3S. The Kier molecular flexibility index (Phi) is 4.71. The monoisotopic (exact) mass is 229 g/mol. The van der Waals surface area contributed by atoms with Crippen LogP contribution in [0.5, 0.6) is 0 Å². The Balaban J connectivity index is 2.54. The van der Waals surface area contributed by atoms with Gasteiger partial charge in [-0.3, -0.25) is 0 Å². The van der Waals surface area contributed by atoms with E-state index in [0.717, 1.165) is 11.3 Å². The molecule has 0 aliphatic carbocycles. The zero-order chi connectivity index (χ0) is 11.3. The van der Waals surface area contributed by atoms with Gasteiger partial charge in [0.1, 0.15) is 0 Å². The van der Waals surface area contributed by atoms with Crippen molar-refractivity contribution in [3.63, 3.8) is 0 Å². The van der Waals surface area contributed by atoms with E-state index in [4.69, 9.17) is 10.2 Å². The van der Waals surface area contributed by atoms with Crippen LogP contribution in [0.25, 0.3) is 0 Å². The van der Waals surface area contributed by atoms with Crippen molar-refractivity contribution in [2.45, 2.75) is 18.7 Å². The third kappa shape index (κ3) is 3.60. The number of carbonyl (C=O) groups excluding carboxylic acids is 1. The van der Waals surface area contributed by atoms with Crippen molar-refractivity contribution in [1.29, 1.82) is 0 Å². The van der Waals surface area contributed by atoms with E-state index >= 15 is 0 Å². The van der Waals surface area contributed by atoms with Crippen LogP contribution < -0.4 is 5.73 Å². The molecule has 1 rings (SSSR count). The molecule has 0 aliphatic heterocycles. The summed E-state index contributed by atoms with van der Waals surface area (Å²) in [5.74, 6) is 1.42. The van der Waals surface area contributed by atoms with Crippen LogP contribution in [-0.4, -0.2) is 24.9 Å². The van der Waals surface area contributed by atoms with Gasteiger partial charge in [0, 0.05) is 23.1 Å². The Hall–Kier alpha value is -0.940. The zero-order valence-electron chi connectivity index (χ0n) is 8.86. The Labute approximate surface area is 93.2 Å². The van der Waals surface area contributed by atoms with Gasteiger partial charge in [0.25, 0.3) is 0 Å². The van der Waals surface area contributed by atoms with Crippen LogP contribution in [0.3, 0.4) is 0 Å². The minimum atomic E-state index is -0.434. The number of hydrogen-bond donors (Lipinski definition) is 1. The molecule has 15 heavy (non-hydrogen) atoms. The second-order valence-electron chi connectivity index (χ2n) is 3.26. The van der Waals surface area contributed by atoms with Gasteiger partial charge in [-0.2, -0.15) is 11.8 Å². The van der Waals surface area contributed by atoms with Crippen molar-refractivity contribution < 1.29 is 13.9 Å². The number of carbonyl (C=O) groups is 1. The van der Waals surface area contributed by atoms with Crippen LogP contribution in [0, 0.1) is 0 Å². The number of thioether (sulfide) groups is 1. The Morgan fingerprint density at radius 2 is 2.47 bits per heavy atom. The van der Waals surface area contributed by atoms with E-state index in [-0.39, 0.29) is 11.8 Å². The highest BCUT2D eigenvalue weighted by Gasteiger charge is 2.15. The summed E-state index contributed by atoms with van der Waals surface area (Å²) in [7, 11) is 1.34. The first-order valence-electron chi connectivity index (χ1n) is 4.63. The Bertz CT molecular complexity index is 322. The topological polar surface area (TPSA) is 65.5 Å². The molecule has 0 aliphatic rings. The molecule has 5 heteroatoms. The fourth-order valence-electron chi connectivity index (χ4n) is 1.08. The van der Waals surface area contributed by atoms with Crippen molar-refractivity contribution in [2.75, 3.05) is 12.9 Å². The molecule has 0 bridgehead atoms. The molecule has 4 nitrogen and oxygen atoms in total. The molecule has 0 saturated carbocycles. The lowest BCUT2D eigenvalue weighted by atomic mass is 10.3. The van der Waals surface area contributed by atoms with Crippen molar-refractivity contribution >= 4 is 17.7 Å².